The predicted octanol–water partition coefficient (Wildman–Crippen LogP) is 6.05. The van der Waals surface area contributed by atoms with Crippen LogP contribution in [-0.4, -0.2) is 16.6 Å². The van der Waals surface area contributed by atoms with Crippen LogP contribution in [0.1, 0.15) is 17.7 Å². The molecule has 7 heteroatoms. The van der Waals surface area contributed by atoms with Crippen LogP contribution in [0.2, 0.25) is 0 Å². The van der Waals surface area contributed by atoms with Crippen LogP contribution in [0, 0.1) is 12.7 Å². The maximum absolute atomic E-state index is 13.1. The van der Waals surface area contributed by atoms with Gasteiger partial charge in [-0.25, -0.2) is 9.37 Å². The molecule has 1 amide bonds. The number of amides is 1. The zero-order chi connectivity index (χ0) is 20.2. The normalized spacial score (nSPS) is 11.1. The fraction of sp³-hybridized carbons (Fsp3) is 0.182. The van der Waals surface area contributed by atoms with Gasteiger partial charge in [0.2, 0.25) is 5.91 Å². The van der Waals surface area contributed by atoms with E-state index in [1.807, 2.05) is 37.3 Å². The second-order valence-corrected chi connectivity index (χ2v) is 8.71. The number of thiazole rings is 1. The van der Waals surface area contributed by atoms with Crippen LogP contribution in [0.4, 0.5) is 9.52 Å². The highest BCUT2D eigenvalue weighted by Crippen LogP contribution is 2.32. The number of rotatable bonds is 7. The summed E-state index contributed by atoms with van der Waals surface area (Å²) < 4.78 is 19.6. The van der Waals surface area contributed by atoms with Crippen LogP contribution in [0.3, 0.4) is 0 Å². The highest BCUT2D eigenvalue weighted by molar-refractivity contribution is 7.99. The number of para-hydroxylation sites is 1. The summed E-state index contributed by atoms with van der Waals surface area (Å²) in [6.45, 7) is 2.36. The molecule has 0 saturated carbocycles. The van der Waals surface area contributed by atoms with Crippen molar-refractivity contribution in [2.24, 2.45) is 0 Å². The predicted molar refractivity (Wildman–Crippen MR) is 116 cm³/mol. The highest BCUT2D eigenvalue weighted by atomic mass is 32.2. The molecule has 4 aromatic rings. The quantitative estimate of drug-likeness (QED) is 0.337. The van der Waals surface area contributed by atoms with Crippen molar-refractivity contribution in [3.63, 3.8) is 0 Å². The molecule has 4 nitrogen and oxygen atoms in total. The first kappa shape index (κ1) is 19.7. The van der Waals surface area contributed by atoms with E-state index in [4.69, 9.17) is 9.40 Å². The average molecular weight is 427 g/mol. The lowest BCUT2D eigenvalue weighted by atomic mass is 10.2. The van der Waals surface area contributed by atoms with Gasteiger partial charge in [0.1, 0.15) is 11.6 Å². The SMILES string of the molecule is Cc1cccc2sc(N(Cc3ccco3)C(=O)CCSc3ccc(F)cc3)nc12. The molecule has 0 fully saturated rings. The minimum Gasteiger partial charge on any atom is -0.467 e. The second-order valence-electron chi connectivity index (χ2n) is 6.53. The molecule has 0 aliphatic carbocycles. The van der Waals surface area contributed by atoms with Gasteiger partial charge >= 0.3 is 0 Å². The van der Waals surface area contributed by atoms with Crippen molar-refractivity contribution in [1.82, 2.24) is 4.98 Å². The third kappa shape index (κ3) is 4.68. The molecule has 4 rings (SSSR count). The molecule has 0 bridgehead atoms. The number of aromatic nitrogens is 1. The number of carbonyl (C=O) groups is 1. The molecule has 0 saturated heterocycles. The van der Waals surface area contributed by atoms with Crippen molar-refractivity contribution in [1.29, 1.82) is 0 Å². The maximum Gasteiger partial charge on any atom is 0.230 e. The standard InChI is InChI=1S/C22H19FN2O2S2/c1-15-4-2-6-19-21(15)24-22(29-19)25(14-17-5-3-12-27-17)20(26)11-13-28-18-9-7-16(23)8-10-18/h2-10,12H,11,13-14H2,1H3. The monoisotopic (exact) mass is 426 g/mol. The van der Waals surface area contributed by atoms with Crippen molar-refractivity contribution < 1.29 is 13.6 Å². The van der Waals surface area contributed by atoms with Gasteiger partial charge in [-0.1, -0.05) is 23.5 Å². The first-order valence-electron chi connectivity index (χ1n) is 9.17. The molecule has 2 heterocycles. The molecule has 148 valence electrons. The molecule has 0 radical (unpaired) electrons. The summed E-state index contributed by atoms with van der Waals surface area (Å²) in [5, 5.41) is 0.669. The Morgan fingerprint density at radius 2 is 2.00 bits per heavy atom. The molecule has 2 aromatic carbocycles. The van der Waals surface area contributed by atoms with Crippen molar-refractivity contribution in [2.75, 3.05) is 10.7 Å². The van der Waals surface area contributed by atoms with Gasteiger partial charge in [-0.15, -0.1) is 11.8 Å². The highest BCUT2D eigenvalue weighted by Gasteiger charge is 2.21. The van der Waals surface area contributed by atoms with Crippen LogP contribution in [-0.2, 0) is 11.3 Å². The van der Waals surface area contributed by atoms with Crippen molar-refractivity contribution in [3.05, 3.63) is 78.0 Å². The summed E-state index contributed by atoms with van der Waals surface area (Å²) in [6, 6.07) is 16.0. The van der Waals surface area contributed by atoms with Crippen LogP contribution in [0.5, 0.6) is 0 Å². The minimum atomic E-state index is -0.263. The number of benzene rings is 2. The number of furan rings is 1. The number of fused-ring (bicyclic) bond motifs is 1. The van der Waals surface area contributed by atoms with Gasteiger partial charge in [-0.05, 0) is 55.0 Å². The number of carbonyl (C=O) groups excluding carboxylic acids is 1. The third-order valence-corrected chi connectivity index (χ3v) is 6.49. The van der Waals surface area contributed by atoms with Crippen LogP contribution in [0.25, 0.3) is 10.2 Å². The van der Waals surface area contributed by atoms with Gasteiger partial charge < -0.3 is 4.42 Å². The lowest BCUT2D eigenvalue weighted by Gasteiger charge is -2.18. The fourth-order valence-electron chi connectivity index (χ4n) is 2.93. The number of thioether (sulfide) groups is 1. The Bertz CT molecular complexity index is 1110. The topological polar surface area (TPSA) is 46.3 Å². The van der Waals surface area contributed by atoms with Crippen molar-refractivity contribution >= 4 is 44.4 Å². The van der Waals surface area contributed by atoms with E-state index in [0.717, 1.165) is 20.7 Å². The fourth-order valence-corrected chi connectivity index (χ4v) is 4.83. The molecule has 0 aliphatic rings. The summed E-state index contributed by atoms with van der Waals surface area (Å²) in [7, 11) is 0. The van der Waals surface area contributed by atoms with E-state index in [1.54, 1.807) is 23.3 Å². The summed E-state index contributed by atoms with van der Waals surface area (Å²) in [4.78, 5) is 20.4. The molecule has 29 heavy (non-hydrogen) atoms. The van der Waals surface area contributed by atoms with Gasteiger partial charge in [0.25, 0.3) is 0 Å². The van der Waals surface area contributed by atoms with Crippen LogP contribution < -0.4 is 4.90 Å². The lowest BCUT2D eigenvalue weighted by Crippen LogP contribution is -2.30. The lowest BCUT2D eigenvalue weighted by molar-refractivity contribution is -0.118. The summed E-state index contributed by atoms with van der Waals surface area (Å²) in [5.41, 5.74) is 2.01. The minimum absolute atomic E-state index is 0.0206. The van der Waals surface area contributed by atoms with Gasteiger partial charge in [0.05, 0.1) is 23.0 Å². The number of hydrogen-bond donors (Lipinski definition) is 0. The van der Waals surface area contributed by atoms with E-state index in [9.17, 15) is 9.18 Å². The molecule has 2 aromatic heterocycles. The van der Waals surface area contributed by atoms with Gasteiger partial charge in [0, 0.05) is 17.1 Å². The number of anilines is 1. The molecule has 0 unspecified atom stereocenters. The Labute approximate surface area is 176 Å². The molecule has 0 atom stereocenters. The third-order valence-electron chi connectivity index (χ3n) is 4.43. The Kier molecular flexibility index (Phi) is 5.97. The number of halogens is 1. The van der Waals surface area contributed by atoms with Gasteiger partial charge in [-0.3, -0.25) is 9.69 Å². The summed E-state index contributed by atoms with van der Waals surface area (Å²) in [5.74, 6) is 1.03. The summed E-state index contributed by atoms with van der Waals surface area (Å²) >= 11 is 3.04. The number of hydrogen-bond acceptors (Lipinski definition) is 5. The van der Waals surface area contributed by atoms with Crippen molar-refractivity contribution in [3.8, 4) is 0 Å². The average Bonchev–Trinajstić information content (AvgIpc) is 3.37. The first-order chi connectivity index (χ1) is 14.1. The second kappa shape index (κ2) is 8.80. The van der Waals surface area contributed by atoms with E-state index in [1.165, 1.54) is 35.2 Å². The Morgan fingerprint density at radius 3 is 2.72 bits per heavy atom. The van der Waals surface area contributed by atoms with Crippen LogP contribution in [0.15, 0.2) is 70.2 Å². The van der Waals surface area contributed by atoms with E-state index in [0.29, 0.717) is 29.6 Å². The molecule has 0 aliphatic heterocycles. The molecular weight excluding hydrogens is 407 g/mol. The Morgan fingerprint density at radius 1 is 1.17 bits per heavy atom. The molecule has 0 N–H and O–H groups in total. The van der Waals surface area contributed by atoms with E-state index in [2.05, 4.69) is 0 Å². The van der Waals surface area contributed by atoms with Gasteiger partial charge in [-0.2, -0.15) is 0 Å². The molecular formula is C22H19FN2O2S2. The van der Waals surface area contributed by atoms with E-state index in [-0.39, 0.29) is 11.7 Å². The molecule has 0 spiro atoms. The maximum atomic E-state index is 13.1. The van der Waals surface area contributed by atoms with E-state index >= 15 is 0 Å². The first-order valence-corrected chi connectivity index (χ1v) is 11.0. The Balaban J connectivity index is 1.52. The Hall–Kier alpha value is -2.64. The van der Waals surface area contributed by atoms with Crippen LogP contribution >= 0.6 is 23.1 Å². The zero-order valence-electron chi connectivity index (χ0n) is 15.8. The summed E-state index contributed by atoms with van der Waals surface area (Å²) in [6.07, 6.45) is 1.95. The van der Waals surface area contributed by atoms with E-state index < -0.39 is 0 Å². The van der Waals surface area contributed by atoms with Gasteiger partial charge in [0.15, 0.2) is 5.13 Å². The number of nitrogens with zero attached hydrogens (tertiary/aromatic N) is 2. The van der Waals surface area contributed by atoms with Crippen molar-refractivity contribution in [2.45, 2.75) is 24.8 Å². The number of aryl methyl sites for hydroxylation is 1. The zero-order valence-corrected chi connectivity index (χ0v) is 17.4. The smallest absolute Gasteiger partial charge is 0.230 e. The largest absolute Gasteiger partial charge is 0.467 e.